The third kappa shape index (κ3) is 3.41. The number of fused-ring (bicyclic) bond motifs is 3. The summed E-state index contributed by atoms with van der Waals surface area (Å²) < 4.78 is 43.1. The van der Waals surface area contributed by atoms with E-state index in [0.717, 1.165) is 6.07 Å². The molecule has 3 aromatic heterocycles. The number of imidazole rings is 1. The number of methoxy groups -OCH3 is 1. The highest BCUT2D eigenvalue weighted by Crippen LogP contribution is 2.27. The molecule has 29 heavy (non-hydrogen) atoms. The molecule has 0 bridgehead atoms. The van der Waals surface area contributed by atoms with Crippen LogP contribution < -0.4 is 4.74 Å². The average Bonchev–Trinajstić information content (AvgIpc) is 3.05. The third-order valence-corrected chi connectivity index (χ3v) is 5.14. The van der Waals surface area contributed by atoms with E-state index in [1.54, 1.807) is 22.9 Å². The van der Waals surface area contributed by atoms with Gasteiger partial charge in [0.1, 0.15) is 17.2 Å². The first-order valence-corrected chi connectivity index (χ1v) is 9.53. The molecule has 1 aromatic carbocycles. The Morgan fingerprint density at radius 3 is 2.83 bits per heavy atom. The van der Waals surface area contributed by atoms with Crippen LogP contribution in [0.3, 0.4) is 0 Å². The van der Waals surface area contributed by atoms with Crippen molar-refractivity contribution in [3.8, 4) is 11.9 Å². The first-order chi connectivity index (χ1) is 14.0. The molecule has 0 N–H and O–H groups in total. The molecule has 0 spiro atoms. The van der Waals surface area contributed by atoms with Gasteiger partial charge in [-0.3, -0.25) is 4.21 Å². The number of nitriles is 1. The van der Waals surface area contributed by atoms with Crippen molar-refractivity contribution in [1.29, 1.82) is 5.26 Å². The molecule has 1 unspecified atom stereocenters. The molecule has 0 saturated carbocycles. The Kier molecular flexibility index (Phi) is 4.92. The summed E-state index contributed by atoms with van der Waals surface area (Å²) in [6.07, 6.45) is 1.61. The maximum atomic E-state index is 14.1. The molecule has 3 heterocycles. The zero-order valence-corrected chi connectivity index (χ0v) is 15.9. The quantitative estimate of drug-likeness (QED) is 0.464. The first-order valence-electron chi connectivity index (χ1n) is 8.45. The number of halogens is 1. The van der Waals surface area contributed by atoms with Crippen LogP contribution in [-0.2, 0) is 24.0 Å². The lowest BCUT2D eigenvalue weighted by Crippen LogP contribution is -2.06. The van der Waals surface area contributed by atoms with Crippen LogP contribution in [0.4, 0.5) is 4.39 Å². The summed E-state index contributed by atoms with van der Waals surface area (Å²) in [4.78, 5) is 12.7. The Bertz CT molecular complexity index is 1310. The molecule has 0 aliphatic rings. The van der Waals surface area contributed by atoms with E-state index in [0.29, 0.717) is 39.3 Å². The van der Waals surface area contributed by atoms with Crippen molar-refractivity contribution < 1.29 is 17.9 Å². The number of benzene rings is 1. The van der Waals surface area contributed by atoms with Gasteiger partial charge in [0.05, 0.1) is 36.2 Å². The van der Waals surface area contributed by atoms with Crippen LogP contribution in [-0.4, -0.2) is 35.4 Å². The molecule has 0 saturated heterocycles. The second-order valence-electron chi connectivity index (χ2n) is 6.17. The van der Waals surface area contributed by atoms with Gasteiger partial charge in [0, 0.05) is 18.0 Å². The highest BCUT2D eigenvalue weighted by molar-refractivity contribution is 7.79. The monoisotopic (exact) mass is 410 g/mol. The molecular weight excluding hydrogens is 397 g/mol. The van der Waals surface area contributed by atoms with Crippen molar-refractivity contribution in [3.05, 3.63) is 53.7 Å². The molecule has 4 rings (SSSR count). The first kappa shape index (κ1) is 18.9. The number of hydrogen-bond donors (Lipinski definition) is 0. The minimum atomic E-state index is -2.65. The summed E-state index contributed by atoms with van der Waals surface area (Å²) in [7, 11) is 1.51. The average molecular weight is 410 g/mol. The molecule has 0 fully saturated rings. The van der Waals surface area contributed by atoms with Gasteiger partial charge in [-0.1, -0.05) is 6.07 Å². The lowest BCUT2D eigenvalue weighted by atomic mass is 10.2. The van der Waals surface area contributed by atoms with Crippen molar-refractivity contribution in [3.63, 3.8) is 0 Å². The number of aromatic nitrogens is 4. The second kappa shape index (κ2) is 7.54. The molecule has 8 nitrogen and oxygen atoms in total. The fourth-order valence-electron chi connectivity index (χ4n) is 3.18. The molecule has 4 aromatic rings. The van der Waals surface area contributed by atoms with Gasteiger partial charge in [-0.25, -0.2) is 14.4 Å². The summed E-state index contributed by atoms with van der Waals surface area (Å²) in [6.45, 7) is 0.196. The Morgan fingerprint density at radius 1 is 1.31 bits per heavy atom. The lowest BCUT2D eigenvalue weighted by molar-refractivity contribution is 0.399. The van der Waals surface area contributed by atoms with Gasteiger partial charge < -0.3 is 13.9 Å². The summed E-state index contributed by atoms with van der Waals surface area (Å²) in [5, 5.41) is 9.89. The van der Waals surface area contributed by atoms with Gasteiger partial charge in [0.25, 0.3) is 0 Å². The summed E-state index contributed by atoms with van der Waals surface area (Å²) in [5.41, 5.74) is 2.26. The Labute approximate surface area is 166 Å². The SMILES string of the molecule is COc1ccc2c(ncc3nc(CC#N)n(Cc4ccc(S(=O)[O-])c(F)c4)c32)n1. The topological polar surface area (TPSA) is 117 Å². The smallest absolute Gasteiger partial charge is 0.215 e. The summed E-state index contributed by atoms with van der Waals surface area (Å²) in [5.74, 6) is 0.0699. The van der Waals surface area contributed by atoms with E-state index in [9.17, 15) is 18.4 Å². The fraction of sp³-hybridized carbons (Fsp3) is 0.158. The molecule has 0 aliphatic heterocycles. The zero-order valence-electron chi connectivity index (χ0n) is 15.1. The Morgan fingerprint density at radius 2 is 2.14 bits per heavy atom. The van der Waals surface area contributed by atoms with E-state index in [1.165, 1.54) is 19.2 Å². The Balaban J connectivity index is 1.90. The van der Waals surface area contributed by atoms with Crippen molar-refractivity contribution in [2.24, 2.45) is 0 Å². The molecule has 1 atom stereocenters. The predicted octanol–water partition coefficient (Wildman–Crippen LogP) is 2.48. The van der Waals surface area contributed by atoms with Crippen molar-refractivity contribution in [1.82, 2.24) is 19.5 Å². The van der Waals surface area contributed by atoms with Crippen LogP contribution in [0.15, 0.2) is 41.4 Å². The largest absolute Gasteiger partial charge is 0.768 e. The minimum Gasteiger partial charge on any atom is -0.768 e. The van der Waals surface area contributed by atoms with Crippen LogP contribution in [0.5, 0.6) is 5.88 Å². The molecule has 0 aliphatic carbocycles. The van der Waals surface area contributed by atoms with Crippen LogP contribution in [0, 0.1) is 17.1 Å². The highest BCUT2D eigenvalue weighted by atomic mass is 32.2. The van der Waals surface area contributed by atoms with E-state index >= 15 is 0 Å². The molecule has 0 amide bonds. The molecule has 146 valence electrons. The van der Waals surface area contributed by atoms with Gasteiger partial charge >= 0.3 is 0 Å². The molecule has 10 heteroatoms. The number of nitrogens with zero attached hydrogens (tertiary/aromatic N) is 5. The van der Waals surface area contributed by atoms with Crippen molar-refractivity contribution >= 4 is 33.1 Å². The van der Waals surface area contributed by atoms with E-state index in [1.807, 2.05) is 0 Å². The van der Waals surface area contributed by atoms with Gasteiger partial charge in [-0.05, 0) is 34.8 Å². The van der Waals surface area contributed by atoms with Crippen molar-refractivity contribution in [2.75, 3.05) is 7.11 Å². The second-order valence-corrected chi connectivity index (χ2v) is 7.07. The van der Waals surface area contributed by atoms with E-state index in [4.69, 9.17) is 4.74 Å². The number of ether oxygens (including phenoxy) is 1. The third-order valence-electron chi connectivity index (χ3n) is 4.45. The minimum absolute atomic E-state index is 0.0465. The lowest BCUT2D eigenvalue weighted by Gasteiger charge is -2.12. The van der Waals surface area contributed by atoms with Gasteiger partial charge in [-0.15, -0.1) is 0 Å². The number of pyridine rings is 2. The summed E-state index contributed by atoms with van der Waals surface area (Å²) in [6, 6.07) is 9.48. The number of hydrogen-bond acceptors (Lipinski definition) is 7. The normalized spacial score (nSPS) is 12.2. The van der Waals surface area contributed by atoms with Crippen molar-refractivity contribution in [2.45, 2.75) is 17.9 Å². The highest BCUT2D eigenvalue weighted by Gasteiger charge is 2.16. The van der Waals surface area contributed by atoms with Gasteiger partial charge in [-0.2, -0.15) is 10.2 Å². The fourth-order valence-corrected chi connectivity index (χ4v) is 3.58. The zero-order chi connectivity index (χ0) is 20.5. The molecular formula is C19H13FN5O3S-. The van der Waals surface area contributed by atoms with E-state index in [2.05, 4.69) is 21.0 Å². The van der Waals surface area contributed by atoms with Crippen LogP contribution in [0.1, 0.15) is 11.4 Å². The maximum Gasteiger partial charge on any atom is 0.215 e. The van der Waals surface area contributed by atoms with Crippen LogP contribution >= 0.6 is 0 Å². The van der Waals surface area contributed by atoms with Crippen LogP contribution in [0.25, 0.3) is 22.1 Å². The van der Waals surface area contributed by atoms with Gasteiger partial charge in [0.2, 0.25) is 5.88 Å². The Hall–Kier alpha value is -3.42. The maximum absolute atomic E-state index is 14.1. The predicted molar refractivity (Wildman–Crippen MR) is 101 cm³/mol. The molecule has 0 radical (unpaired) electrons. The van der Waals surface area contributed by atoms with Crippen LogP contribution in [0.2, 0.25) is 0 Å². The number of rotatable bonds is 5. The van der Waals surface area contributed by atoms with Gasteiger partial charge in [0.15, 0.2) is 5.65 Å². The van der Waals surface area contributed by atoms with E-state index < -0.39 is 21.8 Å². The standard InChI is InChI=1S/C19H14FN5O3S/c1-28-17-5-3-12-18-14(9-22-19(12)24-17)23-16(6-7-21)25(18)10-11-2-4-15(29(26)27)13(20)8-11/h2-5,8-9H,6,10H2,1H3,(H,26,27)/p-1. The summed E-state index contributed by atoms with van der Waals surface area (Å²) >= 11 is -2.65. The van der Waals surface area contributed by atoms with E-state index in [-0.39, 0.29) is 13.0 Å².